The number of carbonyl (C=O) groups excluding carboxylic acids is 2. The van der Waals surface area contributed by atoms with Gasteiger partial charge in [0.1, 0.15) is 18.4 Å². The molecule has 7 nitrogen and oxygen atoms in total. The van der Waals surface area contributed by atoms with Gasteiger partial charge in [0, 0.05) is 12.6 Å². The molecule has 0 radical (unpaired) electrons. The van der Waals surface area contributed by atoms with Crippen molar-refractivity contribution < 1.29 is 22.4 Å². The van der Waals surface area contributed by atoms with Crippen LogP contribution in [0.1, 0.15) is 56.6 Å². The highest BCUT2D eigenvalue weighted by atomic mass is 32.2. The lowest BCUT2D eigenvalue weighted by Gasteiger charge is -2.34. The number of amides is 2. The molecule has 1 fully saturated rings. The number of anilines is 1. The largest absolute Gasteiger partial charge is 0.352 e. The van der Waals surface area contributed by atoms with E-state index >= 15 is 4.39 Å². The molecule has 3 aromatic rings. The first kappa shape index (κ1) is 30.2. The second-order valence-corrected chi connectivity index (χ2v) is 12.4. The van der Waals surface area contributed by atoms with E-state index < -0.39 is 34.3 Å². The molecule has 218 valence electrons. The molecule has 3 aromatic carbocycles. The van der Waals surface area contributed by atoms with E-state index in [0.717, 1.165) is 53.6 Å². The first-order valence-electron chi connectivity index (χ1n) is 14.2. The number of hydrogen-bond donors (Lipinski definition) is 1. The van der Waals surface area contributed by atoms with E-state index in [-0.39, 0.29) is 29.1 Å². The summed E-state index contributed by atoms with van der Waals surface area (Å²) in [5.74, 6) is -1.63. The Morgan fingerprint density at radius 2 is 1.56 bits per heavy atom. The van der Waals surface area contributed by atoms with Crippen LogP contribution in [0.5, 0.6) is 0 Å². The van der Waals surface area contributed by atoms with Gasteiger partial charge >= 0.3 is 0 Å². The van der Waals surface area contributed by atoms with Gasteiger partial charge in [-0.05, 0) is 61.6 Å². The molecule has 0 spiro atoms. The second-order valence-electron chi connectivity index (χ2n) is 10.5. The summed E-state index contributed by atoms with van der Waals surface area (Å²) in [5.41, 5.74) is 1.55. The van der Waals surface area contributed by atoms with Gasteiger partial charge in [0.05, 0.1) is 10.6 Å². The van der Waals surface area contributed by atoms with E-state index in [4.69, 9.17) is 0 Å². The lowest BCUT2D eigenvalue weighted by atomic mass is 9.95. The molecule has 1 aliphatic carbocycles. The molecule has 1 atom stereocenters. The average Bonchev–Trinajstić information content (AvgIpc) is 2.98. The van der Waals surface area contributed by atoms with Gasteiger partial charge in [-0.3, -0.25) is 13.9 Å². The molecular formula is C32H38FN3O4S. The Bertz CT molecular complexity index is 1440. The first-order chi connectivity index (χ1) is 19.7. The zero-order valence-electron chi connectivity index (χ0n) is 23.6. The number of halogens is 1. The van der Waals surface area contributed by atoms with Crippen molar-refractivity contribution in [3.63, 3.8) is 0 Å². The van der Waals surface area contributed by atoms with Gasteiger partial charge < -0.3 is 10.2 Å². The third-order valence-electron chi connectivity index (χ3n) is 7.67. The third kappa shape index (κ3) is 7.33. The number of carbonyl (C=O) groups is 2. The Kier molecular flexibility index (Phi) is 10.2. The molecule has 1 aliphatic rings. The monoisotopic (exact) mass is 579 g/mol. The molecular weight excluding hydrogens is 541 g/mol. The van der Waals surface area contributed by atoms with Gasteiger partial charge in [-0.2, -0.15) is 0 Å². The summed E-state index contributed by atoms with van der Waals surface area (Å²) in [4.78, 5) is 29.1. The van der Waals surface area contributed by atoms with Gasteiger partial charge in [-0.1, -0.05) is 80.8 Å². The van der Waals surface area contributed by atoms with Gasteiger partial charge in [-0.15, -0.1) is 0 Å². The fourth-order valence-corrected chi connectivity index (χ4v) is 6.76. The molecule has 0 bridgehead atoms. The van der Waals surface area contributed by atoms with Crippen LogP contribution in [0.4, 0.5) is 10.1 Å². The minimum Gasteiger partial charge on any atom is -0.352 e. The zero-order chi connectivity index (χ0) is 29.4. The maximum atomic E-state index is 15.1. The Morgan fingerprint density at radius 1 is 0.927 bits per heavy atom. The Labute approximate surface area is 242 Å². The molecule has 1 saturated carbocycles. The molecule has 0 unspecified atom stereocenters. The van der Waals surface area contributed by atoms with Crippen LogP contribution >= 0.6 is 0 Å². The van der Waals surface area contributed by atoms with E-state index in [1.807, 2.05) is 38.1 Å². The van der Waals surface area contributed by atoms with Crippen molar-refractivity contribution in [2.45, 2.75) is 75.9 Å². The van der Waals surface area contributed by atoms with Crippen LogP contribution in [0, 0.1) is 12.7 Å². The predicted molar refractivity (Wildman–Crippen MR) is 158 cm³/mol. The van der Waals surface area contributed by atoms with Crippen LogP contribution in [0.3, 0.4) is 0 Å². The van der Waals surface area contributed by atoms with Crippen molar-refractivity contribution in [3.05, 3.63) is 95.8 Å². The smallest absolute Gasteiger partial charge is 0.264 e. The standard InChI is InChI=1S/C32H38FN3O4S/c1-3-29(32(38)34-26-16-6-4-7-17-26)35(22-25-15-11-10-14-24(25)2)31(37)23-36(30-21-13-12-20-28(30)33)41(39,40)27-18-8-5-9-19-27/h5,8-15,18-21,26,29H,3-4,6-7,16-17,22-23H2,1-2H3,(H,34,38)/t29-/m1/s1. The summed E-state index contributed by atoms with van der Waals surface area (Å²) in [6.07, 6.45) is 5.35. The second kappa shape index (κ2) is 13.8. The van der Waals surface area contributed by atoms with Crippen molar-refractivity contribution in [1.82, 2.24) is 10.2 Å². The van der Waals surface area contributed by atoms with Crippen LogP contribution in [0.25, 0.3) is 0 Å². The van der Waals surface area contributed by atoms with Gasteiger partial charge in [0.2, 0.25) is 11.8 Å². The number of benzene rings is 3. The Morgan fingerprint density at radius 3 is 2.22 bits per heavy atom. The minimum absolute atomic E-state index is 0.0501. The molecule has 0 saturated heterocycles. The summed E-state index contributed by atoms with van der Waals surface area (Å²) in [7, 11) is -4.32. The van der Waals surface area contributed by atoms with E-state index in [2.05, 4.69) is 5.32 Å². The van der Waals surface area contributed by atoms with Crippen LogP contribution in [-0.2, 0) is 26.2 Å². The van der Waals surface area contributed by atoms with Crippen LogP contribution in [0.2, 0.25) is 0 Å². The highest BCUT2D eigenvalue weighted by Crippen LogP contribution is 2.27. The number of aryl methyl sites for hydroxylation is 1. The molecule has 0 aromatic heterocycles. The number of hydrogen-bond acceptors (Lipinski definition) is 4. The molecule has 0 heterocycles. The van der Waals surface area contributed by atoms with Crippen molar-refractivity contribution in [2.75, 3.05) is 10.8 Å². The lowest BCUT2D eigenvalue weighted by Crippen LogP contribution is -2.54. The molecule has 9 heteroatoms. The third-order valence-corrected chi connectivity index (χ3v) is 9.44. The van der Waals surface area contributed by atoms with Crippen molar-refractivity contribution in [1.29, 1.82) is 0 Å². The number of nitrogens with zero attached hydrogens (tertiary/aromatic N) is 2. The van der Waals surface area contributed by atoms with Crippen LogP contribution in [-0.4, -0.2) is 43.8 Å². The Balaban J connectivity index is 1.71. The topological polar surface area (TPSA) is 86.8 Å². The normalized spacial score (nSPS) is 14.7. The molecule has 4 rings (SSSR count). The van der Waals surface area contributed by atoms with Crippen molar-refractivity contribution >= 4 is 27.5 Å². The average molecular weight is 580 g/mol. The summed E-state index contributed by atoms with van der Waals surface area (Å²) < 4.78 is 43.5. The Hall–Kier alpha value is -3.72. The SMILES string of the molecule is CC[C@H](C(=O)NC1CCCCC1)N(Cc1ccccc1C)C(=O)CN(c1ccccc1F)S(=O)(=O)c1ccccc1. The van der Waals surface area contributed by atoms with E-state index in [1.54, 1.807) is 18.2 Å². The molecule has 2 amide bonds. The van der Waals surface area contributed by atoms with Crippen LogP contribution < -0.4 is 9.62 Å². The maximum Gasteiger partial charge on any atom is 0.264 e. The summed E-state index contributed by atoms with van der Waals surface area (Å²) in [5, 5.41) is 3.13. The van der Waals surface area contributed by atoms with Crippen molar-refractivity contribution in [2.24, 2.45) is 0 Å². The first-order valence-corrected chi connectivity index (χ1v) is 15.6. The van der Waals surface area contributed by atoms with Gasteiger partial charge in [0.15, 0.2) is 0 Å². The molecule has 0 aliphatic heterocycles. The summed E-state index contributed by atoms with van der Waals surface area (Å²) in [6, 6.07) is 19.9. The summed E-state index contributed by atoms with van der Waals surface area (Å²) >= 11 is 0. The fraction of sp³-hybridized carbons (Fsp3) is 0.375. The minimum atomic E-state index is -4.32. The number of para-hydroxylation sites is 1. The lowest BCUT2D eigenvalue weighted by molar-refractivity contribution is -0.140. The van der Waals surface area contributed by atoms with E-state index in [0.29, 0.717) is 6.42 Å². The van der Waals surface area contributed by atoms with Crippen LogP contribution in [0.15, 0.2) is 83.8 Å². The predicted octanol–water partition coefficient (Wildman–Crippen LogP) is 5.59. The van der Waals surface area contributed by atoms with Crippen molar-refractivity contribution in [3.8, 4) is 0 Å². The van der Waals surface area contributed by atoms with Gasteiger partial charge in [-0.25, -0.2) is 12.8 Å². The fourth-order valence-electron chi connectivity index (χ4n) is 5.32. The number of sulfonamides is 1. The highest BCUT2D eigenvalue weighted by molar-refractivity contribution is 7.92. The van der Waals surface area contributed by atoms with E-state index in [1.165, 1.54) is 35.2 Å². The number of rotatable bonds is 11. The maximum absolute atomic E-state index is 15.1. The zero-order valence-corrected chi connectivity index (χ0v) is 24.4. The van der Waals surface area contributed by atoms with Gasteiger partial charge in [0.25, 0.3) is 10.0 Å². The summed E-state index contributed by atoms with van der Waals surface area (Å²) in [6.45, 7) is 3.20. The number of nitrogens with one attached hydrogen (secondary N) is 1. The highest BCUT2D eigenvalue weighted by Gasteiger charge is 2.35. The van der Waals surface area contributed by atoms with E-state index in [9.17, 15) is 18.0 Å². The quantitative estimate of drug-likeness (QED) is 0.321. The molecule has 41 heavy (non-hydrogen) atoms. The molecule has 1 N–H and O–H groups in total.